The third-order valence-corrected chi connectivity index (χ3v) is 13.9. The lowest BCUT2D eigenvalue weighted by molar-refractivity contribution is -0.274. The number of aromatic nitrogens is 2. The van der Waals surface area contributed by atoms with Crippen LogP contribution in [-0.4, -0.2) is 124 Å². The number of urea groups is 1. The zero-order valence-corrected chi connectivity index (χ0v) is 37.4. The SMILES string of the molecule is CCC(CC(=O)N1C[C@@H](C)C[C@H]1c1ncc(-c2ccc(-c3cc(Cl)c(NC(=O)N4CCC(N5CCN(C(=O)[C@@]6(C)CC6C)C[C@@H]5C)CC4)cc3OC(F)(F)F)cc2)[nH]1)NC(=O)OC. The molecule has 0 bridgehead atoms. The first kappa shape index (κ1) is 46.0. The van der Waals surface area contributed by atoms with Crippen molar-refractivity contribution in [1.29, 1.82) is 0 Å². The molecule has 1 saturated carbocycles. The summed E-state index contributed by atoms with van der Waals surface area (Å²) in [4.78, 5) is 67.6. The molecule has 2 unspecified atom stereocenters. The van der Waals surface area contributed by atoms with Gasteiger partial charge in [-0.05, 0) is 68.1 Å². The predicted octanol–water partition coefficient (Wildman–Crippen LogP) is 8.31. The molecule has 342 valence electrons. The van der Waals surface area contributed by atoms with Gasteiger partial charge in [-0.1, -0.05) is 63.6 Å². The molecule has 6 atom stereocenters. The van der Waals surface area contributed by atoms with Gasteiger partial charge in [-0.2, -0.15) is 0 Å². The van der Waals surface area contributed by atoms with Crippen molar-refractivity contribution in [1.82, 2.24) is 34.9 Å². The van der Waals surface area contributed by atoms with Crippen molar-refractivity contribution in [2.75, 3.05) is 51.7 Å². The van der Waals surface area contributed by atoms with E-state index in [1.807, 2.05) is 11.8 Å². The lowest BCUT2D eigenvalue weighted by Crippen LogP contribution is -2.59. The van der Waals surface area contributed by atoms with E-state index in [2.05, 4.69) is 57.9 Å². The highest BCUT2D eigenvalue weighted by atomic mass is 35.5. The second kappa shape index (κ2) is 18.6. The highest BCUT2D eigenvalue weighted by molar-refractivity contribution is 6.34. The molecule has 4 heterocycles. The van der Waals surface area contributed by atoms with Crippen LogP contribution in [0.15, 0.2) is 42.6 Å². The van der Waals surface area contributed by atoms with Gasteiger partial charge in [-0.25, -0.2) is 14.6 Å². The maximum absolute atomic E-state index is 13.8. The maximum Gasteiger partial charge on any atom is 0.573 e. The number of aromatic amines is 1. The van der Waals surface area contributed by atoms with Crippen LogP contribution in [0, 0.1) is 17.3 Å². The van der Waals surface area contributed by atoms with Gasteiger partial charge >= 0.3 is 18.5 Å². The van der Waals surface area contributed by atoms with Crippen molar-refractivity contribution in [2.24, 2.45) is 17.3 Å². The van der Waals surface area contributed by atoms with E-state index in [1.54, 1.807) is 40.3 Å². The minimum absolute atomic E-state index is 0.0137. The van der Waals surface area contributed by atoms with E-state index in [9.17, 15) is 32.3 Å². The van der Waals surface area contributed by atoms with Gasteiger partial charge in [0.15, 0.2) is 0 Å². The monoisotopic (exact) mass is 898 g/mol. The number of alkyl halides is 3. The van der Waals surface area contributed by atoms with Gasteiger partial charge < -0.3 is 39.8 Å². The Morgan fingerprint density at radius 1 is 1.00 bits per heavy atom. The molecule has 0 spiro atoms. The Bertz CT molecular complexity index is 2160. The van der Waals surface area contributed by atoms with Gasteiger partial charge in [0, 0.05) is 80.9 Å². The number of nitrogens with zero attached hydrogens (tertiary/aromatic N) is 5. The smallest absolute Gasteiger partial charge is 0.453 e. The van der Waals surface area contributed by atoms with Crippen LogP contribution in [-0.2, 0) is 14.3 Å². The Balaban J connectivity index is 0.988. The van der Waals surface area contributed by atoms with Gasteiger partial charge in [0.05, 0.1) is 35.8 Å². The summed E-state index contributed by atoms with van der Waals surface area (Å²) in [5.74, 6) is 0.846. The van der Waals surface area contributed by atoms with Crippen LogP contribution in [0.3, 0.4) is 0 Å². The Labute approximate surface area is 371 Å². The first-order valence-electron chi connectivity index (χ1n) is 21.9. The molecule has 7 rings (SSSR count). The Morgan fingerprint density at radius 3 is 2.30 bits per heavy atom. The number of hydrogen-bond donors (Lipinski definition) is 3. The summed E-state index contributed by atoms with van der Waals surface area (Å²) in [7, 11) is 1.27. The molecule has 18 heteroatoms. The zero-order chi connectivity index (χ0) is 45.4. The van der Waals surface area contributed by atoms with Gasteiger partial charge in [0.25, 0.3) is 0 Å². The summed E-state index contributed by atoms with van der Waals surface area (Å²) in [6, 6.07) is 8.47. The molecule has 4 fully saturated rings. The van der Waals surface area contributed by atoms with Crippen molar-refractivity contribution in [3.63, 3.8) is 0 Å². The standard InChI is InChI=1S/C45H58ClF3N8O6/c1-7-31(51-43(61)62-6)19-39(58)57-24-26(2)18-37(57)40-50-23-36(52-40)30-10-8-29(9-11-30)33-20-34(46)35(21-38(33)63-45(47,48)49)53-42(60)54-14-12-32(13-15-54)56-17-16-55(25-28(56)4)41(59)44(5)22-27(44)3/h8-11,20-21,23,26-28,31-32,37H,7,12-19,22,24-25H2,1-6H3,(H,50,52)(H,51,61)(H,53,60)/t26-,27?,28-,31?,37-,44-/m0/s1. The quantitative estimate of drug-likeness (QED) is 0.174. The van der Waals surface area contributed by atoms with E-state index in [0.717, 1.165) is 31.9 Å². The number of imidazole rings is 1. The van der Waals surface area contributed by atoms with E-state index in [1.165, 1.54) is 13.2 Å². The number of amides is 5. The number of H-pyrrole nitrogens is 1. The lowest BCUT2D eigenvalue weighted by atomic mass is 9.98. The third-order valence-electron chi connectivity index (χ3n) is 13.5. The van der Waals surface area contributed by atoms with E-state index >= 15 is 0 Å². The first-order valence-corrected chi connectivity index (χ1v) is 22.2. The molecule has 1 aliphatic carbocycles. The van der Waals surface area contributed by atoms with Gasteiger partial charge in [-0.3, -0.25) is 14.5 Å². The van der Waals surface area contributed by atoms with Crippen molar-refractivity contribution in [3.8, 4) is 28.1 Å². The number of piperidine rings is 1. The number of hydrogen-bond acceptors (Lipinski definition) is 8. The molecule has 4 aliphatic rings. The number of anilines is 1. The van der Waals surface area contributed by atoms with Gasteiger partial charge in [0.2, 0.25) is 11.8 Å². The molecule has 0 radical (unpaired) electrons. The molecule has 2 aromatic carbocycles. The molecule has 3 aromatic rings. The number of likely N-dealkylation sites (tertiary alicyclic amines) is 2. The number of alkyl carbamates (subject to hydrolysis) is 1. The Hall–Kier alpha value is -5.03. The lowest BCUT2D eigenvalue weighted by Gasteiger charge is -2.47. The van der Waals surface area contributed by atoms with Crippen molar-refractivity contribution < 1.29 is 41.8 Å². The molecular weight excluding hydrogens is 841 g/mol. The average molecular weight is 899 g/mol. The molecular formula is C45H58ClF3N8O6. The fraction of sp³-hybridized carbons (Fsp3) is 0.578. The topological polar surface area (TPSA) is 152 Å². The van der Waals surface area contributed by atoms with Crippen molar-refractivity contribution in [2.45, 2.75) is 104 Å². The number of halogens is 4. The van der Waals surface area contributed by atoms with Crippen LogP contribution in [0.25, 0.3) is 22.4 Å². The van der Waals surface area contributed by atoms with E-state index in [4.69, 9.17) is 16.3 Å². The molecule has 3 aliphatic heterocycles. The molecule has 5 amide bonds. The first-order chi connectivity index (χ1) is 29.9. The fourth-order valence-electron chi connectivity index (χ4n) is 9.53. The normalized spacial score (nSPS) is 24.8. The van der Waals surface area contributed by atoms with E-state index < -0.39 is 24.2 Å². The van der Waals surface area contributed by atoms with Crippen molar-refractivity contribution in [3.05, 3.63) is 53.4 Å². The fourth-order valence-corrected chi connectivity index (χ4v) is 9.74. The number of benzene rings is 2. The highest BCUT2D eigenvalue weighted by Crippen LogP contribution is 2.53. The van der Waals surface area contributed by atoms with Crippen LogP contribution in [0.4, 0.5) is 28.4 Å². The molecule has 63 heavy (non-hydrogen) atoms. The summed E-state index contributed by atoms with van der Waals surface area (Å²) in [5.41, 5.74) is 1.57. The minimum atomic E-state index is -5.02. The largest absolute Gasteiger partial charge is 0.573 e. The zero-order valence-electron chi connectivity index (χ0n) is 36.7. The number of carbonyl (C=O) groups excluding carboxylic acids is 4. The maximum atomic E-state index is 13.8. The predicted molar refractivity (Wildman–Crippen MR) is 232 cm³/mol. The van der Waals surface area contributed by atoms with E-state index in [-0.39, 0.29) is 70.0 Å². The Morgan fingerprint density at radius 2 is 1.68 bits per heavy atom. The molecule has 3 N–H and O–H groups in total. The van der Waals surface area contributed by atoms with Crippen LogP contribution >= 0.6 is 11.6 Å². The summed E-state index contributed by atoms with van der Waals surface area (Å²) in [6.07, 6.45) is -0.227. The van der Waals surface area contributed by atoms with Crippen LogP contribution in [0.5, 0.6) is 5.75 Å². The number of rotatable bonds is 11. The van der Waals surface area contributed by atoms with E-state index in [0.29, 0.717) is 74.1 Å². The van der Waals surface area contributed by atoms with Gasteiger partial charge in [0.1, 0.15) is 11.6 Å². The number of methoxy groups -OCH3 is 1. The second-order valence-electron chi connectivity index (χ2n) is 18.0. The number of piperazine rings is 1. The molecule has 3 saturated heterocycles. The third kappa shape index (κ3) is 10.3. The van der Waals surface area contributed by atoms with Crippen molar-refractivity contribution >= 4 is 41.2 Å². The second-order valence-corrected chi connectivity index (χ2v) is 18.4. The average Bonchev–Trinajstić information content (AvgIpc) is 3.54. The summed E-state index contributed by atoms with van der Waals surface area (Å²) >= 11 is 6.65. The summed E-state index contributed by atoms with van der Waals surface area (Å²) in [6.45, 7) is 13.8. The minimum Gasteiger partial charge on any atom is -0.453 e. The van der Waals surface area contributed by atoms with Crippen LogP contribution in [0.1, 0.15) is 85.0 Å². The number of ether oxygens (including phenoxy) is 2. The highest BCUT2D eigenvalue weighted by Gasteiger charge is 2.55. The van der Waals surface area contributed by atoms with Crippen LogP contribution in [0.2, 0.25) is 5.02 Å². The number of nitrogens with one attached hydrogen (secondary N) is 3. The van der Waals surface area contributed by atoms with Crippen LogP contribution < -0.4 is 15.4 Å². The number of carbonyl (C=O) groups is 4. The Kier molecular flexibility index (Phi) is 13.6. The van der Waals surface area contributed by atoms with Gasteiger partial charge in [-0.15, -0.1) is 13.2 Å². The summed E-state index contributed by atoms with van der Waals surface area (Å²) < 4.78 is 50.6. The molecule has 1 aromatic heterocycles. The summed E-state index contributed by atoms with van der Waals surface area (Å²) in [5, 5.41) is 5.46. The molecule has 14 nitrogen and oxygen atoms in total.